The summed E-state index contributed by atoms with van der Waals surface area (Å²) >= 11 is 0.945. The highest BCUT2D eigenvalue weighted by Gasteiger charge is 2.24. The molecule has 1 N–H and O–H groups in total. The van der Waals surface area contributed by atoms with E-state index < -0.39 is 0 Å². The molecule has 0 aliphatic carbocycles. The summed E-state index contributed by atoms with van der Waals surface area (Å²) in [4.78, 5) is 22.8. The second kappa shape index (κ2) is 4.14. The van der Waals surface area contributed by atoms with Crippen molar-refractivity contribution in [3.63, 3.8) is 0 Å². The molecule has 1 aliphatic heterocycles. The molecular formula is C12H11NO2S. The van der Waals surface area contributed by atoms with Crippen molar-refractivity contribution < 1.29 is 9.59 Å². The maximum absolute atomic E-state index is 11.4. The van der Waals surface area contributed by atoms with Crippen LogP contribution in [-0.2, 0) is 4.79 Å². The molecule has 1 aliphatic rings. The van der Waals surface area contributed by atoms with Crippen LogP contribution >= 0.6 is 11.8 Å². The number of benzene rings is 1. The van der Waals surface area contributed by atoms with Crippen LogP contribution in [0, 0.1) is 13.8 Å². The fraction of sp³-hybridized carbons (Fsp3) is 0.167. The van der Waals surface area contributed by atoms with Gasteiger partial charge in [-0.2, -0.15) is 0 Å². The largest absolute Gasteiger partial charge is 0.290 e. The molecule has 4 heteroatoms. The third-order valence-corrected chi connectivity index (χ3v) is 3.17. The van der Waals surface area contributed by atoms with Crippen LogP contribution in [0.2, 0.25) is 0 Å². The third-order valence-electron chi connectivity index (χ3n) is 2.36. The zero-order valence-electron chi connectivity index (χ0n) is 9.03. The number of rotatable bonds is 1. The number of thioether (sulfide) groups is 1. The van der Waals surface area contributed by atoms with Crippen molar-refractivity contribution in [2.45, 2.75) is 13.8 Å². The summed E-state index contributed by atoms with van der Waals surface area (Å²) in [5, 5.41) is 1.93. The maximum atomic E-state index is 11.4. The molecule has 2 rings (SSSR count). The Kier molecular flexibility index (Phi) is 2.83. The molecule has 0 saturated carbocycles. The van der Waals surface area contributed by atoms with E-state index in [1.165, 1.54) is 0 Å². The molecule has 1 fully saturated rings. The van der Waals surface area contributed by atoms with E-state index in [4.69, 9.17) is 0 Å². The minimum Gasteiger partial charge on any atom is -0.282 e. The van der Waals surface area contributed by atoms with Gasteiger partial charge in [0.05, 0.1) is 4.91 Å². The van der Waals surface area contributed by atoms with Gasteiger partial charge in [-0.05, 0) is 42.8 Å². The second-order valence-electron chi connectivity index (χ2n) is 3.71. The van der Waals surface area contributed by atoms with Gasteiger partial charge in [-0.15, -0.1) is 0 Å². The van der Waals surface area contributed by atoms with Crippen molar-refractivity contribution >= 4 is 29.0 Å². The van der Waals surface area contributed by atoms with Gasteiger partial charge < -0.3 is 0 Å². The first-order valence-electron chi connectivity index (χ1n) is 4.88. The van der Waals surface area contributed by atoms with Crippen LogP contribution < -0.4 is 5.32 Å². The molecule has 16 heavy (non-hydrogen) atoms. The standard InChI is InChI=1S/C12H11NO2S/c1-7-3-4-8(2)9(5-7)6-10-11(14)13-12(15)16-10/h3-6H,1-2H3,(H,13,14,15). The predicted octanol–water partition coefficient (Wildman–Crippen LogP) is 2.63. The monoisotopic (exact) mass is 233 g/mol. The van der Waals surface area contributed by atoms with Crippen LogP contribution in [0.5, 0.6) is 0 Å². The van der Waals surface area contributed by atoms with Crippen LogP contribution in [0.1, 0.15) is 16.7 Å². The minimum absolute atomic E-state index is 0.304. The Morgan fingerprint density at radius 1 is 1.25 bits per heavy atom. The minimum atomic E-state index is -0.309. The van der Waals surface area contributed by atoms with Gasteiger partial charge in [0.1, 0.15) is 0 Å². The molecule has 0 atom stereocenters. The first-order valence-corrected chi connectivity index (χ1v) is 5.70. The molecule has 1 saturated heterocycles. The zero-order valence-corrected chi connectivity index (χ0v) is 9.85. The molecule has 0 spiro atoms. The van der Waals surface area contributed by atoms with Crippen LogP contribution in [0.25, 0.3) is 6.08 Å². The molecule has 0 aromatic heterocycles. The first-order chi connectivity index (χ1) is 7.56. The number of nitrogens with one attached hydrogen (secondary N) is 1. The topological polar surface area (TPSA) is 46.2 Å². The summed E-state index contributed by atoms with van der Waals surface area (Å²) in [5.74, 6) is -0.309. The lowest BCUT2D eigenvalue weighted by Gasteiger charge is -2.02. The van der Waals surface area contributed by atoms with Gasteiger partial charge in [0.2, 0.25) is 0 Å². The number of hydrogen-bond acceptors (Lipinski definition) is 3. The maximum Gasteiger partial charge on any atom is 0.290 e. The molecule has 82 valence electrons. The van der Waals surface area contributed by atoms with Gasteiger partial charge >= 0.3 is 0 Å². The summed E-state index contributed by atoms with van der Waals surface area (Å²) < 4.78 is 0. The first kappa shape index (κ1) is 11.0. The Balaban J connectivity index is 2.39. The second-order valence-corrected chi connectivity index (χ2v) is 4.73. The average molecular weight is 233 g/mol. The van der Waals surface area contributed by atoms with Crippen LogP contribution in [0.4, 0.5) is 4.79 Å². The molecule has 0 unspecified atom stereocenters. The van der Waals surface area contributed by atoms with Crippen molar-refractivity contribution in [3.05, 3.63) is 39.8 Å². The van der Waals surface area contributed by atoms with Crippen LogP contribution in [0.15, 0.2) is 23.1 Å². The van der Waals surface area contributed by atoms with Gasteiger partial charge in [0.15, 0.2) is 0 Å². The number of aryl methyl sites for hydroxylation is 2. The lowest BCUT2D eigenvalue weighted by molar-refractivity contribution is -0.115. The van der Waals surface area contributed by atoms with Gasteiger partial charge in [-0.1, -0.05) is 23.8 Å². The SMILES string of the molecule is Cc1ccc(C)c(C=C2SC(=O)NC2=O)c1. The lowest BCUT2D eigenvalue weighted by atomic mass is 10.1. The number of hydrogen-bond donors (Lipinski definition) is 1. The average Bonchev–Trinajstić information content (AvgIpc) is 2.51. The molecule has 0 bridgehead atoms. The van der Waals surface area contributed by atoms with Crippen molar-refractivity contribution in [2.75, 3.05) is 0 Å². The summed E-state index contributed by atoms with van der Waals surface area (Å²) in [6, 6.07) is 6.02. The smallest absolute Gasteiger partial charge is 0.282 e. The van der Waals surface area contributed by atoms with Crippen molar-refractivity contribution in [2.24, 2.45) is 0 Å². The van der Waals surface area contributed by atoms with Gasteiger partial charge in [0, 0.05) is 0 Å². The highest BCUT2D eigenvalue weighted by Crippen LogP contribution is 2.26. The van der Waals surface area contributed by atoms with Gasteiger partial charge in [-0.25, -0.2) is 0 Å². The van der Waals surface area contributed by atoms with Crippen molar-refractivity contribution in [3.8, 4) is 0 Å². The van der Waals surface area contributed by atoms with Crippen LogP contribution in [-0.4, -0.2) is 11.1 Å². The van der Waals surface area contributed by atoms with Crippen molar-refractivity contribution in [1.82, 2.24) is 5.32 Å². The van der Waals surface area contributed by atoms with E-state index in [0.29, 0.717) is 4.91 Å². The molecule has 1 aromatic carbocycles. The van der Waals surface area contributed by atoms with E-state index in [2.05, 4.69) is 5.32 Å². The normalized spacial score (nSPS) is 18.0. The number of imide groups is 1. The van der Waals surface area contributed by atoms with Gasteiger partial charge in [-0.3, -0.25) is 14.9 Å². The van der Waals surface area contributed by atoms with Gasteiger partial charge in [0.25, 0.3) is 11.1 Å². The molecule has 0 radical (unpaired) electrons. The van der Waals surface area contributed by atoms with E-state index in [1.54, 1.807) is 6.08 Å². The summed E-state index contributed by atoms with van der Waals surface area (Å²) in [7, 11) is 0. The highest BCUT2D eigenvalue weighted by atomic mass is 32.2. The Morgan fingerprint density at radius 2 is 2.00 bits per heavy atom. The zero-order chi connectivity index (χ0) is 11.7. The summed E-state index contributed by atoms with van der Waals surface area (Å²) in [5.41, 5.74) is 3.20. The van der Waals surface area contributed by atoms with E-state index in [9.17, 15) is 9.59 Å². The van der Waals surface area contributed by atoms with Crippen molar-refractivity contribution in [1.29, 1.82) is 0 Å². The van der Waals surface area contributed by atoms with E-state index in [1.807, 2.05) is 32.0 Å². The fourth-order valence-electron chi connectivity index (χ4n) is 1.48. The van der Waals surface area contributed by atoms with E-state index in [-0.39, 0.29) is 11.1 Å². The van der Waals surface area contributed by atoms with E-state index in [0.717, 1.165) is 28.5 Å². The Hall–Kier alpha value is -1.55. The number of amides is 2. The quantitative estimate of drug-likeness (QED) is 0.758. The Labute approximate surface area is 97.9 Å². The molecular weight excluding hydrogens is 222 g/mol. The Bertz CT molecular complexity index is 506. The predicted molar refractivity (Wildman–Crippen MR) is 65.0 cm³/mol. The lowest BCUT2D eigenvalue weighted by Crippen LogP contribution is -2.17. The highest BCUT2D eigenvalue weighted by molar-refractivity contribution is 8.18. The number of carbonyl (C=O) groups excluding carboxylic acids is 2. The summed E-state index contributed by atoms with van der Waals surface area (Å²) in [6.07, 6.45) is 1.76. The number of carbonyl (C=O) groups is 2. The molecule has 1 heterocycles. The molecule has 3 nitrogen and oxygen atoms in total. The van der Waals surface area contributed by atoms with E-state index >= 15 is 0 Å². The summed E-state index contributed by atoms with van der Waals surface area (Å²) in [6.45, 7) is 3.97. The molecule has 2 amide bonds. The fourth-order valence-corrected chi connectivity index (χ4v) is 2.15. The third kappa shape index (κ3) is 2.17. The molecule has 1 aromatic rings. The van der Waals surface area contributed by atoms with Crippen LogP contribution in [0.3, 0.4) is 0 Å². The Morgan fingerprint density at radius 3 is 2.62 bits per heavy atom.